The number of carboxylic acid groups (broad SMARTS) is 1. The molecular formula is C14H14NNaO3. The van der Waals surface area contributed by atoms with Crippen LogP contribution in [0.5, 0.6) is 0 Å². The molecule has 0 aliphatic heterocycles. The molecule has 1 N–H and O–H groups in total. The second-order valence-corrected chi connectivity index (χ2v) is 4.08. The summed E-state index contributed by atoms with van der Waals surface area (Å²) >= 11 is 0. The van der Waals surface area contributed by atoms with Crippen LogP contribution >= 0.6 is 0 Å². The van der Waals surface area contributed by atoms with E-state index in [4.69, 9.17) is 5.11 Å². The number of hydrogen-bond donors (Lipinski definition) is 1. The fraction of sp³-hybridized carbons (Fsp3) is 0.143. The first kappa shape index (κ1) is 15.7. The van der Waals surface area contributed by atoms with Gasteiger partial charge in [-0.3, -0.25) is 4.79 Å². The normalized spacial score (nSPS) is 9.79. The average molecular weight is 267 g/mol. The number of aromatic nitrogens is 1. The van der Waals surface area contributed by atoms with Gasteiger partial charge in [0.25, 0.3) is 0 Å². The van der Waals surface area contributed by atoms with E-state index < -0.39 is 11.4 Å². The third kappa shape index (κ3) is 2.97. The molecule has 0 aliphatic carbocycles. The second-order valence-electron chi connectivity index (χ2n) is 4.08. The molecule has 5 heteroatoms. The number of rotatable bonds is 2. The first-order valence-electron chi connectivity index (χ1n) is 5.51. The predicted octanol–water partition coefficient (Wildman–Crippen LogP) is 1.41. The molecule has 19 heavy (non-hydrogen) atoms. The van der Waals surface area contributed by atoms with Crippen molar-refractivity contribution in [1.29, 1.82) is 0 Å². The van der Waals surface area contributed by atoms with E-state index in [1.165, 1.54) is 6.07 Å². The molecule has 0 bridgehead atoms. The number of carbonyl (C=O) groups is 1. The number of hydrogen-bond acceptors (Lipinski definition) is 2. The fourth-order valence-electron chi connectivity index (χ4n) is 1.97. The molecule has 1 aromatic heterocycles. The van der Waals surface area contributed by atoms with Crippen molar-refractivity contribution in [3.8, 4) is 11.3 Å². The molecule has 0 spiro atoms. The molecule has 0 radical (unpaired) electrons. The van der Waals surface area contributed by atoms with Crippen LogP contribution in [0.3, 0.4) is 0 Å². The maximum absolute atomic E-state index is 11.8. The Morgan fingerprint density at radius 3 is 2.32 bits per heavy atom. The molecule has 2 aromatic rings. The molecule has 1 aromatic carbocycles. The van der Waals surface area contributed by atoms with Gasteiger partial charge in [0.1, 0.15) is 5.56 Å². The molecule has 0 fully saturated rings. The SMILES string of the molecule is Cc1c(C(=O)O)c(=O)cc(-c2ccccc2)n1C.[NaH]. The van der Waals surface area contributed by atoms with Gasteiger partial charge in [-0.1, -0.05) is 30.3 Å². The molecule has 94 valence electrons. The van der Waals surface area contributed by atoms with Gasteiger partial charge in [0.15, 0.2) is 5.43 Å². The van der Waals surface area contributed by atoms with E-state index in [-0.39, 0.29) is 35.1 Å². The molecule has 2 rings (SSSR count). The number of benzene rings is 1. The molecule has 0 aliphatic rings. The van der Waals surface area contributed by atoms with Crippen molar-refractivity contribution in [2.45, 2.75) is 6.92 Å². The van der Waals surface area contributed by atoms with Crippen molar-refractivity contribution in [2.24, 2.45) is 7.05 Å². The van der Waals surface area contributed by atoms with Crippen LogP contribution in [0.1, 0.15) is 16.1 Å². The summed E-state index contributed by atoms with van der Waals surface area (Å²) in [4.78, 5) is 22.9. The molecule has 0 saturated carbocycles. The summed E-state index contributed by atoms with van der Waals surface area (Å²) in [5.41, 5.74) is 1.42. The van der Waals surface area contributed by atoms with Crippen LogP contribution in [0.4, 0.5) is 0 Å². The van der Waals surface area contributed by atoms with Gasteiger partial charge >= 0.3 is 35.5 Å². The van der Waals surface area contributed by atoms with E-state index in [1.54, 1.807) is 18.5 Å². The van der Waals surface area contributed by atoms with Gasteiger partial charge in [0, 0.05) is 18.8 Å². The summed E-state index contributed by atoms with van der Waals surface area (Å²) in [6.07, 6.45) is 0. The first-order chi connectivity index (χ1) is 8.52. The third-order valence-corrected chi connectivity index (χ3v) is 3.02. The van der Waals surface area contributed by atoms with E-state index in [0.717, 1.165) is 5.56 Å². The predicted molar refractivity (Wildman–Crippen MR) is 76.0 cm³/mol. The molecule has 4 nitrogen and oxygen atoms in total. The van der Waals surface area contributed by atoms with Crippen molar-refractivity contribution >= 4 is 35.5 Å². The summed E-state index contributed by atoms with van der Waals surface area (Å²) in [5.74, 6) is -1.19. The quantitative estimate of drug-likeness (QED) is 0.837. The Bertz CT molecular complexity index is 662. The Morgan fingerprint density at radius 1 is 1.21 bits per heavy atom. The minimum atomic E-state index is -1.19. The average Bonchev–Trinajstić information content (AvgIpc) is 2.34. The zero-order valence-electron chi connectivity index (χ0n) is 10.2. The van der Waals surface area contributed by atoms with E-state index in [2.05, 4.69) is 0 Å². The standard InChI is InChI=1S/C14H13NO3.Na.H/c1-9-13(14(17)18)12(16)8-11(15(9)2)10-6-4-3-5-7-10;;/h3-8H,1-2H3,(H,17,18);;. The Labute approximate surface area is 133 Å². The van der Waals surface area contributed by atoms with Crippen LogP contribution < -0.4 is 5.43 Å². The van der Waals surface area contributed by atoms with E-state index in [1.807, 2.05) is 30.3 Å². The zero-order chi connectivity index (χ0) is 13.3. The van der Waals surface area contributed by atoms with E-state index in [9.17, 15) is 9.59 Å². The summed E-state index contributed by atoms with van der Waals surface area (Å²) in [5, 5.41) is 9.02. The number of carboxylic acids is 1. The Hall–Kier alpha value is -1.36. The van der Waals surface area contributed by atoms with Crippen molar-refractivity contribution in [1.82, 2.24) is 4.57 Å². The number of aromatic carboxylic acids is 1. The molecule has 0 atom stereocenters. The second kappa shape index (κ2) is 6.19. The fourth-order valence-corrected chi connectivity index (χ4v) is 1.97. The minimum absolute atomic E-state index is 0. The van der Waals surface area contributed by atoms with Crippen molar-refractivity contribution in [3.63, 3.8) is 0 Å². The topological polar surface area (TPSA) is 59.3 Å². The third-order valence-electron chi connectivity index (χ3n) is 3.02. The number of nitrogens with zero attached hydrogens (tertiary/aromatic N) is 1. The zero-order valence-corrected chi connectivity index (χ0v) is 10.2. The van der Waals surface area contributed by atoms with Crippen LogP contribution in [0.15, 0.2) is 41.2 Å². The maximum atomic E-state index is 11.8. The van der Waals surface area contributed by atoms with E-state index in [0.29, 0.717) is 11.4 Å². The summed E-state index contributed by atoms with van der Waals surface area (Å²) in [7, 11) is 1.75. The Kier molecular flexibility index (Phi) is 5.11. The molecule has 1 heterocycles. The van der Waals surface area contributed by atoms with E-state index >= 15 is 0 Å². The van der Waals surface area contributed by atoms with Crippen molar-refractivity contribution in [2.75, 3.05) is 0 Å². The summed E-state index contributed by atoms with van der Waals surface area (Å²) in [6, 6.07) is 10.8. The number of pyridine rings is 1. The van der Waals surface area contributed by atoms with Crippen LogP contribution in [-0.4, -0.2) is 45.2 Å². The summed E-state index contributed by atoms with van der Waals surface area (Å²) in [6.45, 7) is 1.64. The Morgan fingerprint density at radius 2 is 1.79 bits per heavy atom. The molecule has 0 unspecified atom stereocenters. The van der Waals surface area contributed by atoms with Crippen LogP contribution in [-0.2, 0) is 7.05 Å². The van der Waals surface area contributed by atoms with Gasteiger partial charge < -0.3 is 9.67 Å². The van der Waals surface area contributed by atoms with Gasteiger partial charge in [-0.05, 0) is 12.5 Å². The Balaban J connectivity index is 0.00000180. The first-order valence-corrected chi connectivity index (χ1v) is 5.51. The van der Waals surface area contributed by atoms with Crippen LogP contribution in [0.25, 0.3) is 11.3 Å². The monoisotopic (exact) mass is 267 g/mol. The van der Waals surface area contributed by atoms with Gasteiger partial charge in [-0.25, -0.2) is 4.79 Å². The molecule has 0 amide bonds. The van der Waals surface area contributed by atoms with Crippen molar-refractivity contribution < 1.29 is 9.90 Å². The van der Waals surface area contributed by atoms with Crippen LogP contribution in [0.2, 0.25) is 0 Å². The summed E-state index contributed by atoms with van der Waals surface area (Å²) < 4.78 is 1.72. The van der Waals surface area contributed by atoms with Gasteiger partial charge in [-0.2, -0.15) is 0 Å². The van der Waals surface area contributed by atoms with Gasteiger partial charge in [0.2, 0.25) is 0 Å². The van der Waals surface area contributed by atoms with Crippen molar-refractivity contribution in [3.05, 3.63) is 57.9 Å². The van der Waals surface area contributed by atoms with Gasteiger partial charge in [0.05, 0.1) is 5.69 Å². The van der Waals surface area contributed by atoms with Gasteiger partial charge in [-0.15, -0.1) is 0 Å². The van der Waals surface area contributed by atoms with Crippen LogP contribution in [0, 0.1) is 6.92 Å². The molecular weight excluding hydrogens is 253 g/mol. The molecule has 0 saturated heterocycles.